The minimum atomic E-state index is -0.650. The Bertz CT molecular complexity index is 1530. The fraction of sp³-hybridized carbons (Fsp3) is 0.333. The summed E-state index contributed by atoms with van der Waals surface area (Å²) in [5, 5.41) is 9.42. The first-order valence-corrected chi connectivity index (χ1v) is 12.7. The van der Waals surface area contributed by atoms with Crippen molar-refractivity contribution in [3.8, 4) is 16.9 Å². The van der Waals surface area contributed by atoms with Gasteiger partial charge in [0.2, 0.25) is 0 Å². The molecule has 1 aliphatic heterocycles. The molecule has 9 nitrogen and oxygen atoms in total. The molecule has 3 aromatic heterocycles. The molecule has 198 valence electrons. The summed E-state index contributed by atoms with van der Waals surface area (Å²) >= 11 is 6.43. The van der Waals surface area contributed by atoms with Crippen LogP contribution >= 0.6 is 11.6 Å². The third-order valence-electron chi connectivity index (χ3n) is 6.61. The summed E-state index contributed by atoms with van der Waals surface area (Å²) in [5.41, 5.74) is 8.93. The van der Waals surface area contributed by atoms with Crippen LogP contribution in [0.4, 0.5) is 10.2 Å². The predicted molar refractivity (Wildman–Crippen MR) is 142 cm³/mol. The molecule has 4 aromatic rings. The molecule has 3 N–H and O–H groups in total. The fourth-order valence-corrected chi connectivity index (χ4v) is 4.95. The topological polar surface area (TPSA) is 119 Å². The number of benzene rings is 1. The number of likely N-dealkylation sites (tertiary alicyclic amines) is 1. The highest BCUT2D eigenvalue weighted by molar-refractivity contribution is 6.31. The predicted octanol–water partition coefficient (Wildman–Crippen LogP) is 4.23. The van der Waals surface area contributed by atoms with Crippen LogP contribution in [0, 0.1) is 12.7 Å². The van der Waals surface area contributed by atoms with Crippen LogP contribution in [0.3, 0.4) is 0 Å². The zero-order valence-corrected chi connectivity index (χ0v) is 22.2. The van der Waals surface area contributed by atoms with E-state index in [0.717, 1.165) is 5.69 Å². The molecule has 38 heavy (non-hydrogen) atoms. The number of amides is 1. The molecule has 1 aromatic carbocycles. The first kappa shape index (κ1) is 25.9. The fourth-order valence-electron chi connectivity index (χ4n) is 4.74. The first-order chi connectivity index (χ1) is 18.1. The summed E-state index contributed by atoms with van der Waals surface area (Å²) < 4.78 is 23.7. The van der Waals surface area contributed by atoms with Crippen LogP contribution in [-0.2, 0) is 0 Å². The highest BCUT2D eigenvalue weighted by Gasteiger charge is 2.31. The van der Waals surface area contributed by atoms with Crippen molar-refractivity contribution in [1.82, 2.24) is 24.3 Å². The maximum Gasteiger partial charge on any atom is 0.272 e. The molecule has 0 aliphatic carbocycles. The van der Waals surface area contributed by atoms with Gasteiger partial charge in [0.15, 0.2) is 5.82 Å². The Morgan fingerprint density at radius 2 is 2.00 bits per heavy atom. The van der Waals surface area contributed by atoms with Gasteiger partial charge >= 0.3 is 0 Å². The van der Waals surface area contributed by atoms with E-state index in [9.17, 15) is 9.90 Å². The summed E-state index contributed by atoms with van der Waals surface area (Å²) in [7, 11) is 0. The number of aryl methyl sites for hydroxylation is 1. The summed E-state index contributed by atoms with van der Waals surface area (Å²) in [4.78, 5) is 27.3. The standard InChI is InChI=1S/C27H28ClFN6O3/c1-13(2)38-24-18(14(3)26-33-15(4)23-25(30)31-7-8-35(23)26)9-19(28)22(29)21(24)16-5-6-20(32-10-16)27(37)34-11-17(36)12-34/h5-10,13-14,17,36H,11-12H2,1-4H3,(H2,30,31)/t14-/m0/s1. The minimum absolute atomic E-state index is 0.0774. The highest BCUT2D eigenvalue weighted by Crippen LogP contribution is 2.44. The van der Waals surface area contributed by atoms with E-state index in [1.807, 2.05) is 32.1 Å². The molecule has 1 amide bonds. The largest absolute Gasteiger partial charge is 0.490 e. The van der Waals surface area contributed by atoms with Crippen LogP contribution < -0.4 is 10.5 Å². The number of aromatic nitrogens is 4. The van der Waals surface area contributed by atoms with Gasteiger partial charge in [0.05, 0.1) is 28.5 Å². The number of nitrogens with zero attached hydrogens (tertiary/aromatic N) is 5. The summed E-state index contributed by atoms with van der Waals surface area (Å²) in [5.74, 6) is 0.0395. The number of hydrogen-bond acceptors (Lipinski definition) is 7. The number of anilines is 1. The highest BCUT2D eigenvalue weighted by atomic mass is 35.5. The number of nitrogens with two attached hydrogens (primary N) is 1. The van der Waals surface area contributed by atoms with Gasteiger partial charge in [-0.1, -0.05) is 24.6 Å². The van der Waals surface area contributed by atoms with E-state index in [1.165, 1.54) is 17.2 Å². The number of halogens is 2. The second-order valence-corrected chi connectivity index (χ2v) is 10.1. The number of carbonyl (C=O) groups is 1. The van der Waals surface area contributed by atoms with E-state index in [1.54, 1.807) is 24.5 Å². The Labute approximate surface area is 224 Å². The molecule has 4 heterocycles. The summed E-state index contributed by atoms with van der Waals surface area (Å²) in [6.07, 6.45) is 4.03. The van der Waals surface area contributed by atoms with Crippen molar-refractivity contribution in [3.05, 3.63) is 70.4 Å². The first-order valence-electron chi connectivity index (χ1n) is 12.3. The van der Waals surface area contributed by atoms with Crippen molar-refractivity contribution in [3.63, 3.8) is 0 Å². The number of nitrogen functional groups attached to an aromatic ring is 1. The number of carbonyl (C=O) groups excluding carboxylic acids is 1. The van der Waals surface area contributed by atoms with Gasteiger partial charge in [-0.2, -0.15) is 0 Å². The normalized spacial score (nSPS) is 14.7. The van der Waals surface area contributed by atoms with E-state index >= 15 is 4.39 Å². The van der Waals surface area contributed by atoms with Crippen molar-refractivity contribution in [2.24, 2.45) is 0 Å². The monoisotopic (exact) mass is 538 g/mol. The molecule has 0 spiro atoms. The molecule has 11 heteroatoms. The smallest absolute Gasteiger partial charge is 0.272 e. The van der Waals surface area contributed by atoms with Gasteiger partial charge in [-0.05, 0) is 32.9 Å². The molecule has 1 atom stereocenters. The molecule has 0 bridgehead atoms. The van der Waals surface area contributed by atoms with Gasteiger partial charge in [-0.25, -0.2) is 14.4 Å². The molecule has 0 unspecified atom stereocenters. The molecule has 1 aliphatic rings. The lowest BCUT2D eigenvalue weighted by Gasteiger charge is -2.35. The Kier molecular flexibility index (Phi) is 6.70. The van der Waals surface area contributed by atoms with Crippen molar-refractivity contribution >= 4 is 28.8 Å². The van der Waals surface area contributed by atoms with E-state index in [0.29, 0.717) is 34.0 Å². The lowest BCUT2D eigenvalue weighted by molar-refractivity contribution is 0.00551. The number of pyridine rings is 1. The van der Waals surface area contributed by atoms with Crippen LogP contribution in [-0.4, -0.2) is 60.6 Å². The van der Waals surface area contributed by atoms with E-state index in [4.69, 9.17) is 27.1 Å². The zero-order valence-electron chi connectivity index (χ0n) is 21.4. The number of fused-ring (bicyclic) bond motifs is 1. The second kappa shape index (κ2) is 9.85. The molecular weight excluding hydrogens is 511 g/mol. The van der Waals surface area contributed by atoms with Crippen LogP contribution in [0.25, 0.3) is 16.6 Å². The number of aliphatic hydroxyl groups is 1. The van der Waals surface area contributed by atoms with Crippen molar-refractivity contribution in [1.29, 1.82) is 0 Å². The van der Waals surface area contributed by atoms with Crippen molar-refractivity contribution in [2.75, 3.05) is 18.8 Å². The number of ether oxygens (including phenoxy) is 1. The third-order valence-corrected chi connectivity index (χ3v) is 6.89. The average molecular weight is 539 g/mol. The quantitative estimate of drug-likeness (QED) is 0.377. The lowest BCUT2D eigenvalue weighted by atomic mass is 9.93. The van der Waals surface area contributed by atoms with Gasteiger partial charge < -0.3 is 20.5 Å². The molecular formula is C27H28ClFN6O3. The molecule has 0 radical (unpaired) electrons. The van der Waals surface area contributed by atoms with E-state index < -0.39 is 11.9 Å². The summed E-state index contributed by atoms with van der Waals surface area (Å²) in [6.45, 7) is 8.03. The molecule has 0 saturated carbocycles. The Hall–Kier alpha value is -3.76. The van der Waals surface area contributed by atoms with Crippen LogP contribution in [0.2, 0.25) is 5.02 Å². The number of rotatable bonds is 6. The zero-order chi connectivity index (χ0) is 27.3. The number of aliphatic hydroxyl groups excluding tert-OH is 1. The molecule has 1 fully saturated rings. The number of β-amino-alcohol motifs (C(OH)–C–C–N with tert-alkyl or cyclic N) is 1. The summed E-state index contributed by atoms with van der Waals surface area (Å²) in [6, 6.07) is 4.71. The minimum Gasteiger partial charge on any atom is -0.490 e. The van der Waals surface area contributed by atoms with E-state index in [-0.39, 0.29) is 47.3 Å². The van der Waals surface area contributed by atoms with Crippen molar-refractivity contribution < 1.29 is 19.0 Å². The van der Waals surface area contributed by atoms with E-state index in [2.05, 4.69) is 9.97 Å². The Balaban J connectivity index is 1.62. The molecule has 1 saturated heterocycles. The van der Waals surface area contributed by atoms with Crippen molar-refractivity contribution in [2.45, 2.75) is 45.8 Å². The number of hydrogen-bond donors (Lipinski definition) is 2. The molecule has 5 rings (SSSR count). The Morgan fingerprint density at radius 1 is 1.26 bits per heavy atom. The lowest BCUT2D eigenvalue weighted by Crippen LogP contribution is -2.53. The van der Waals surface area contributed by atoms with Crippen LogP contribution in [0.1, 0.15) is 54.3 Å². The SMILES string of the molecule is Cc1nc([C@@H](C)c2cc(Cl)c(F)c(-c3ccc(C(=O)N4CC(O)C4)nc3)c2OC(C)C)n2ccnc(N)c12. The van der Waals surface area contributed by atoms with Crippen LogP contribution in [0.15, 0.2) is 36.8 Å². The second-order valence-electron chi connectivity index (χ2n) is 9.74. The maximum atomic E-state index is 15.7. The average Bonchev–Trinajstić information content (AvgIpc) is 3.21. The number of imidazole rings is 1. The van der Waals surface area contributed by atoms with Gasteiger partial charge in [-0.3, -0.25) is 14.2 Å². The maximum absolute atomic E-state index is 15.7. The Morgan fingerprint density at radius 3 is 2.63 bits per heavy atom. The van der Waals surface area contributed by atoms with Gasteiger partial charge in [0.25, 0.3) is 5.91 Å². The van der Waals surface area contributed by atoms with Gasteiger partial charge in [0.1, 0.15) is 28.6 Å². The van der Waals surface area contributed by atoms with Gasteiger partial charge in [0, 0.05) is 48.7 Å². The van der Waals surface area contributed by atoms with Crippen LogP contribution in [0.5, 0.6) is 5.75 Å². The van der Waals surface area contributed by atoms with Gasteiger partial charge in [-0.15, -0.1) is 0 Å². The third kappa shape index (κ3) is 4.43.